The molecule has 0 spiro atoms. The molecule has 1 aliphatic heterocycles. The number of benzene rings is 2. The van der Waals surface area contributed by atoms with Crippen molar-refractivity contribution in [2.24, 2.45) is 0 Å². The zero-order valence-corrected chi connectivity index (χ0v) is 21.7. The number of amides is 1. The Balaban J connectivity index is 1.68. The third-order valence-corrected chi connectivity index (χ3v) is 7.03. The molecule has 36 heavy (non-hydrogen) atoms. The quantitative estimate of drug-likeness (QED) is 0.365. The second kappa shape index (κ2) is 11.4. The zero-order valence-electron chi connectivity index (χ0n) is 21.7. The SMILES string of the molecule is CCC(CC)Nc1c(C=N)nc(N2CCN(C(C)=O)CC2)nc1N[C@H](C)c1ccc2ccccc2c1. The first-order valence-corrected chi connectivity index (χ1v) is 12.9. The van der Waals surface area contributed by atoms with Crippen LogP contribution in [0.2, 0.25) is 0 Å². The lowest BCUT2D eigenvalue weighted by Gasteiger charge is -2.34. The van der Waals surface area contributed by atoms with Crippen LogP contribution in [0.1, 0.15) is 57.8 Å². The van der Waals surface area contributed by atoms with Crippen molar-refractivity contribution >= 4 is 40.3 Å². The van der Waals surface area contributed by atoms with Crippen molar-refractivity contribution in [2.45, 2.75) is 52.6 Å². The second-order valence-corrected chi connectivity index (χ2v) is 9.40. The Bertz CT molecular complexity index is 1220. The van der Waals surface area contributed by atoms with E-state index in [1.165, 1.54) is 17.0 Å². The van der Waals surface area contributed by atoms with E-state index in [0.29, 0.717) is 43.6 Å². The van der Waals surface area contributed by atoms with Gasteiger partial charge in [-0.05, 0) is 42.2 Å². The second-order valence-electron chi connectivity index (χ2n) is 9.40. The van der Waals surface area contributed by atoms with Gasteiger partial charge in [0.15, 0.2) is 5.82 Å². The van der Waals surface area contributed by atoms with Crippen LogP contribution in [0.4, 0.5) is 17.5 Å². The molecule has 0 saturated carbocycles. The van der Waals surface area contributed by atoms with Crippen molar-refractivity contribution in [2.75, 3.05) is 41.7 Å². The Hall–Kier alpha value is -3.68. The zero-order chi connectivity index (χ0) is 25.7. The number of anilines is 3. The third-order valence-electron chi connectivity index (χ3n) is 7.03. The monoisotopic (exact) mass is 487 g/mol. The van der Waals surface area contributed by atoms with E-state index in [4.69, 9.17) is 15.4 Å². The summed E-state index contributed by atoms with van der Waals surface area (Å²) in [6.45, 7) is 10.6. The number of nitrogens with one attached hydrogen (secondary N) is 3. The molecular weight excluding hydrogens is 450 g/mol. The molecule has 8 heteroatoms. The van der Waals surface area contributed by atoms with Crippen molar-refractivity contribution < 1.29 is 4.79 Å². The number of aromatic nitrogens is 2. The van der Waals surface area contributed by atoms with Gasteiger partial charge >= 0.3 is 0 Å². The van der Waals surface area contributed by atoms with Gasteiger partial charge in [-0.3, -0.25) is 4.79 Å². The van der Waals surface area contributed by atoms with E-state index in [1.54, 1.807) is 6.92 Å². The van der Waals surface area contributed by atoms with Crippen LogP contribution in [0.5, 0.6) is 0 Å². The van der Waals surface area contributed by atoms with E-state index in [1.807, 2.05) is 4.90 Å². The van der Waals surface area contributed by atoms with Gasteiger partial charge in [0.05, 0.1) is 6.04 Å². The van der Waals surface area contributed by atoms with Crippen LogP contribution >= 0.6 is 0 Å². The standard InChI is InChI=1S/C28H37N7O/c1-5-24(6-2)31-26-25(18-29)32-28(35-15-13-34(14-16-35)20(4)36)33-27(26)30-19(3)22-12-11-21-9-7-8-10-23(21)17-22/h7-12,17-19,24,29,31H,5-6,13-16H2,1-4H3,(H,30,32,33)/t19-/m1/s1. The summed E-state index contributed by atoms with van der Waals surface area (Å²) in [5, 5.41) is 17.7. The number of rotatable bonds is 9. The molecule has 1 amide bonds. The minimum absolute atomic E-state index is 0.00671. The number of nitrogens with zero attached hydrogens (tertiary/aromatic N) is 4. The van der Waals surface area contributed by atoms with Crippen LogP contribution in [-0.4, -0.2) is 59.2 Å². The molecule has 0 radical (unpaired) electrons. The van der Waals surface area contributed by atoms with E-state index in [-0.39, 0.29) is 18.0 Å². The maximum absolute atomic E-state index is 11.8. The van der Waals surface area contributed by atoms with Crippen LogP contribution < -0.4 is 15.5 Å². The fourth-order valence-electron chi connectivity index (χ4n) is 4.64. The number of hydrogen-bond acceptors (Lipinski definition) is 7. The van der Waals surface area contributed by atoms with Crippen LogP contribution in [0, 0.1) is 5.41 Å². The van der Waals surface area contributed by atoms with Crippen molar-refractivity contribution in [3.8, 4) is 0 Å². The summed E-state index contributed by atoms with van der Waals surface area (Å²) in [5.74, 6) is 1.37. The topological polar surface area (TPSA) is 97.2 Å². The summed E-state index contributed by atoms with van der Waals surface area (Å²) in [4.78, 5) is 25.4. The van der Waals surface area contributed by atoms with Gasteiger partial charge in [-0.15, -0.1) is 0 Å². The summed E-state index contributed by atoms with van der Waals surface area (Å²) in [6, 6.07) is 15.1. The molecule has 1 atom stereocenters. The van der Waals surface area contributed by atoms with E-state index in [9.17, 15) is 4.79 Å². The van der Waals surface area contributed by atoms with Gasteiger partial charge in [0.25, 0.3) is 0 Å². The molecule has 1 fully saturated rings. The highest BCUT2D eigenvalue weighted by molar-refractivity contribution is 5.89. The van der Waals surface area contributed by atoms with Crippen molar-refractivity contribution in [1.82, 2.24) is 14.9 Å². The first kappa shape index (κ1) is 25.4. The van der Waals surface area contributed by atoms with Crippen LogP contribution in [-0.2, 0) is 4.79 Å². The van der Waals surface area contributed by atoms with Gasteiger partial charge in [0.2, 0.25) is 11.9 Å². The maximum atomic E-state index is 11.8. The molecule has 0 aliphatic carbocycles. The normalized spacial score (nSPS) is 14.7. The van der Waals surface area contributed by atoms with E-state index in [0.717, 1.165) is 24.1 Å². The molecule has 0 unspecified atom stereocenters. The molecule has 8 nitrogen and oxygen atoms in total. The highest BCUT2D eigenvalue weighted by atomic mass is 16.2. The van der Waals surface area contributed by atoms with Crippen molar-refractivity contribution in [1.29, 1.82) is 5.41 Å². The fraction of sp³-hybridized carbons (Fsp3) is 0.429. The Kier molecular flexibility index (Phi) is 8.03. The molecule has 3 N–H and O–H groups in total. The fourth-order valence-corrected chi connectivity index (χ4v) is 4.64. The first-order chi connectivity index (χ1) is 17.4. The number of piperazine rings is 1. The number of hydrogen-bond donors (Lipinski definition) is 3. The van der Waals surface area contributed by atoms with Gasteiger partial charge in [-0.2, -0.15) is 4.98 Å². The molecule has 0 bridgehead atoms. The predicted octanol–water partition coefficient (Wildman–Crippen LogP) is 5.07. The Labute approximate surface area is 213 Å². The first-order valence-electron chi connectivity index (χ1n) is 12.9. The average Bonchev–Trinajstić information content (AvgIpc) is 2.91. The lowest BCUT2D eigenvalue weighted by Crippen LogP contribution is -2.48. The molecule has 1 aliphatic rings. The van der Waals surface area contributed by atoms with Crippen LogP contribution in [0.15, 0.2) is 42.5 Å². The van der Waals surface area contributed by atoms with E-state index in [2.05, 4.69) is 78.8 Å². The summed E-state index contributed by atoms with van der Waals surface area (Å²) < 4.78 is 0. The van der Waals surface area contributed by atoms with Gasteiger partial charge in [0.1, 0.15) is 11.4 Å². The Morgan fingerprint density at radius 3 is 2.36 bits per heavy atom. The highest BCUT2D eigenvalue weighted by Gasteiger charge is 2.24. The smallest absolute Gasteiger partial charge is 0.228 e. The van der Waals surface area contributed by atoms with Crippen molar-refractivity contribution in [3.05, 3.63) is 53.7 Å². The largest absolute Gasteiger partial charge is 0.378 e. The van der Waals surface area contributed by atoms with Gasteiger partial charge in [0, 0.05) is 45.4 Å². The van der Waals surface area contributed by atoms with Gasteiger partial charge in [-0.25, -0.2) is 4.98 Å². The van der Waals surface area contributed by atoms with Gasteiger partial charge in [-0.1, -0.05) is 50.2 Å². The lowest BCUT2D eigenvalue weighted by molar-refractivity contribution is -0.129. The molecule has 1 saturated heterocycles. The summed E-state index contributed by atoms with van der Waals surface area (Å²) in [5.41, 5.74) is 2.49. The number of carbonyl (C=O) groups is 1. The number of carbonyl (C=O) groups excluding carboxylic acids is 1. The maximum Gasteiger partial charge on any atom is 0.228 e. The molecular formula is C28H37N7O. The van der Waals surface area contributed by atoms with Crippen LogP contribution in [0.3, 0.4) is 0 Å². The minimum atomic E-state index is -0.00671. The summed E-state index contributed by atoms with van der Waals surface area (Å²) in [6.07, 6.45) is 3.22. The predicted molar refractivity (Wildman–Crippen MR) is 148 cm³/mol. The molecule has 190 valence electrons. The third kappa shape index (κ3) is 5.58. The highest BCUT2D eigenvalue weighted by Crippen LogP contribution is 2.31. The Morgan fingerprint density at radius 1 is 1.03 bits per heavy atom. The van der Waals surface area contributed by atoms with Gasteiger partial charge < -0.3 is 25.8 Å². The van der Waals surface area contributed by atoms with Crippen molar-refractivity contribution in [3.63, 3.8) is 0 Å². The minimum Gasteiger partial charge on any atom is -0.378 e. The van der Waals surface area contributed by atoms with E-state index >= 15 is 0 Å². The molecule has 1 aromatic heterocycles. The Morgan fingerprint density at radius 2 is 1.72 bits per heavy atom. The summed E-state index contributed by atoms with van der Waals surface area (Å²) >= 11 is 0. The van der Waals surface area contributed by atoms with E-state index < -0.39 is 0 Å². The lowest BCUT2D eigenvalue weighted by atomic mass is 10.0. The number of fused-ring (bicyclic) bond motifs is 1. The molecule has 2 heterocycles. The molecule has 3 aromatic rings. The summed E-state index contributed by atoms with van der Waals surface area (Å²) in [7, 11) is 0. The average molecular weight is 488 g/mol. The molecule has 2 aromatic carbocycles. The van der Waals surface area contributed by atoms with Crippen LogP contribution in [0.25, 0.3) is 10.8 Å². The molecule has 4 rings (SSSR count).